The summed E-state index contributed by atoms with van der Waals surface area (Å²) in [5.74, 6) is 0.404. The van der Waals surface area contributed by atoms with E-state index in [0.29, 0.717) is 24.4 Å². The quantitative estimate of drug-likeness (QED) is 0.775. The van der Waals surface area contributed by atoms with Crippen molar-refractivity contribution in [2.75, 3.05) is 12.3 Å². The molecule has 1 aliphatic heterocycles. The third-order valence-electron chi connectivity index (χ3n) is 4.10. The van der Waals surface area contributed by atoms with E-state index < -0.39 is 5.60 Å². The maximum absolute atomic E-state index is 10.0. The van der Waals surface area contributed by atoms with Gasteiger partial charge in [0.15, 0.2) is 5.82 Å². The summed E-state index contributed by atoms with van der Waals surface area (Å²) >= 11 is 0. The molecule has 6 heteroatoms. The van der Waals surface area contributed by atoms with Crippen LogP contribution in [0.3, 0.4) is 0 Å². The van der Waals surface area contributed by atoms with Gasteiger partial charge in [-0.2, -0.15) is 5.10 Å². The zero-order chi connectivity index (χ0) is 16.9. The number of aliphatic hydroxyl groups is 1. The SMILES string of the molecule is CC(C)(O)Cn1cc2c(n1)c(N)nc1cc(C3=CC=NC3)ccc12. The molecule has 6 nitrogen and oxygen atoms in total. The topological polar surface area (TPSA) is 89.3 Å². The van der Waals surface area contributed by atoms with Crippen LogP contribution in [0.15, 0.2) is 35.5 Å². The standard InChI is InChI=1S/C18H19N5O/c1-18(2,24)10-23-9-14-13-4-3-11(12-5-6-20-8-12)7-15(13)21-17(19)16(14)22-23/h3-7,9,24H,8,10H2,1-2H3,(H2,19,21). The maximum Gasteiger partial charge on any atom is 0.152 e. The highest BCUT2D eigenvalue weighted by Gasteiger charge is 2.17. The molecule has 0 amide bonds. The number of nitrogen functional groups attached to an aromatic ring is 1. The van der Waals surface area contributed by atoms with Crippen molar-refractivity contribution >= 4 is 39.4 Å². The van der Waals surface area contributed by atoms with Gasteiger partial charge in [-0.3, -0.25) is 9.67 Å². The number of aliphatic imine (C=N–C) groups is 1. The van der Waals surface area contributed by atoms with Gasteiger partial charge in [0.1, 0.15) is 5.52 Å². The van der Waals surface area contributed by atoms with Crippen LogP contribution >= 0.6 is 0 Å². The largest absolute Gasteiger partial charge is 0.389 e. The zero-order valence-corrected chi connectivity index (χ0v) is 13.7. The predicted octanol–water partition coefficient (Wildman–Crippen LogP) is 2.41. The number of hydrogen-bond acceptors (Lipinski definition) is 5. The lowest BCUT2D eigenvalue weighted by atomic mass is 10.0. The fourth-order valence-electron chi connectivity index (χ4n) is 3.05. The van der Waals surface area contributed by atoms with Crippen molar-refractivity contribution in [2.24, 2.45) is 4.99 Å². The molecule has 24 heavy (non-hydrogen) atoms. The highest BCUT2D eigenvalue weighted by atomic mass is 16.3. The minimum atomic E-state index is -0.845. The van der Waals surface area contributed by atoms with E-state index in [1.54, 1.807) is 18.5 Å². The van der Waals surface area contributed by atoms with Crippen LogP contribution in [-0.4, -0.2) is 38.2 Å². The molecule has 2 aromatic heterocycles. The summed E-state index contributed by atoms with van der Waals surface area (Å²) < 4.78 is 1.73. The minimum absolute atomic E-state index is 0.394. The van der Waals surface area contributed by atoms with Gasteiger partial charge in [-0.15, -0.1) is 0 Å². The third kappa shape index (κ3) is 2.55. The number of anilines is 1. The molecule has 0 bridgehead atoms. The Bertz CT molecular complexity index is 1010. The Hall–Kier alpha value is -2.73. The Labute approximate surface area is 139 Å². The van der Waals surface area contributed by atoms with E-state index in [4.69, 9.17) is 5.73 Å². The van der Waals surface area contributed by atoms with E-state index in [0.717, 1.165) is 21.9 Å². The third-order valence-corrected chi connectivity index (χ3v) is 4.10. The second kappa shape index (κ2) is 5.14. The Kier molecular flexibility index (Phi) is 3.18. The van der Waals surface area contributed by atoms with Crippen molar-refractivity contribution in [3.63, 3.8) is 0 Å². The molecule has 1 aliphatic rings. The van der Waals surface area contributed by atoms with E-state index in [1.807, 2.05) is 24.6 Å². The number of nitrogens with two attached hydrogens (primary N) is 1. The van der Waals surface area contributed by atoms with Crippen LogP contribution in [0.25, 0.3) is 27.4 Å². The van der Waals surface area contributed by atoms with Crippen LogP contribution in [0.4, 0.5) is 5.82 Å². The Morgan fingerprint density at radius 1 is 1.29 bits per heavy atom. The fraction of sp³-hybridized carbons (Fsp3) is 0.278. The molecule has 0 aliphatic carbocycles. The fourth-order valence-corrected chi connectivity index (χ4v) is 3.05. The first-order valence-electron chi connectivity index (χ1n) is 7.89. The smallest absolute Gasteiger partial charge is 0.152 e. The van der Waals surface area contributed by atoms with Gasteiger partial charge >= 0.3 is 0 Å². The summed E-state index contributed by atoms with van der Waals surface area (Å²) in [5.41, 5.74) is 9.06. The lowest BCUT2D eigenvalue weighted by molar-refractivity contribution is 0.0580. The number of nitrogens with zero attached hydrogens (tertiary/aromatic N) is 4. The van der Waals surface area contributed by atoms with Gasteiger partial charge in [-0.05, 0) is 37.1 Å². The van der Waals surface area contributed by atoms with Crippen LogP contribution in [0.2, 0.25) is 0 Å². The molecule has 1 aromatic carbocycles. The summed E-state index contributed by atoms with van der Waals surface area (Å²) in [5, 5.41) is 16.4. The average Bonchev–Trinajstić information content (AvgIpc) is 3.14. The molecule has 0 fully saturated rings. The second-order valence-electron chi connectivity index (χ2n) is 6.81. The van der Waals surface area contributed by atoms with Crippen LogP contribution in [0, 0.1) is 0 Å². The molecule has 3 N–H and O–H groups in total. The Morgan fingerprint density at radius 3 is 2.83 bits per heavy atom. The van der Waals surface area contributed by atoms with Crippen LogP contribution in [0.5, 0.6) is 0 Å². The number of fused-ring (bicyclic) bond motifs is 3. The first kappa shape index (κ1) is 14.8. The molecule has 0 unspecified atom stereocenters. The maximum atomic E-state index is 10.0. The molecule has 3 heterocycles. The van der Waals surface area contributed by atoms with Gasteiger partial charge in [0.05, 0.1) is 24.2 Å². The number of pyridine rings is 1. The van der Waals surface area contributed by atoms with Crippen molar-refractivity contribution in [3.05, 3.63) is 36.0 Å². The summed E-state index contributed by atoms with van der Waals surface area (Å²) in [6.07, 6.45) is 5.76. The van der Waals surface area contributed by atoms with Gasteiger partial charge in [0.2, 0.25) is 0 Å². The van der Waals surface area contributed by atoms with Crippen molar-refractivity contribution < 1.29 is 5.11 Å². The first-order chi connectivity index (χ1) is 11.4. The van der Waals surface area contributed by atoms with Gasteiger partial charge in [0, 0.05) is 23.2 Å². The molecular formula is C18H19N5O. The van der Waals surface area contributed by atoms with Crippen molar-refractivity contribution in [1.29, 1.82) is 0 Å². The van der Waals surface area contributed by atoms with E-state index in [-0.39, 0.29) is 0 Å². The molecule has 122 valence electrons. The molecule has 3 aromatic rings. The van der Waals surface area contributed by atoms with E-state index in [9.17, 15) is 5.11 Å². The molecular weight excluding hydrogens is 302 g/mol. The molecule has 0 saturated carbocycles. The number of hydrogen-bond donors (Lipinski definition) is 2. The van der Waals surface area contributed by atoms with Gasteiger partial charge in [-0.1, -0.05) is 12.1 Å². The molecule has 0 radical (unpaired) electrons. The van der Waals surface area contributed by atoms with E-state index in [2.05, 4.69) is 27.2 Å². The monoisotopic (exact) mass is 321 g/mol. The number of allylic oxidation sites excluding steroid dienone is 1. The summed E-state index contributed by atoms with van der Waals surface area (Å²) in [6, 6.07) is 6.17. The van der Waals surface area contributed by atoms with Crippen LogP contribution in [0.1, 0.15) is 19.4 Å². The summed E-state index contributed by atoms with van der Waals surface area (Å²) in [7, 11) is 0. The molecule has 0 saturated heterocycles. The average molecular weight is 321 g/mol. The van der Waals surface area contributed by atoms with Crippen LogP contribution < -0.4 is 5.73 Å². The highest BCUT2D eigenvalue weighted by Crippen LogP contribution is 2.30. The van der Waals surface area contributed by atoms with Gasteiger partial charge in [0.25, 0.3) is 0 Å². The van der Waals surface area contributed by atoms with Gasteiger partial charge < -0.3 is 10.8 Å². The van der Waals surface area contributed by atoms with Gasteiger partial charge in [-0.25, -0.2) is 4.98 Å². The lowest BCUT2D eigenvalue weighted by Gasteiger charge is -2.16. The van der Waals surface area contributed by atoms with Crippen molar-refractivity contribution in [3.8, 4) is 0 Å². The van der Waals surface area contributed by atoms with Crippen molar-refractivity contribution in [1.82, 2.24) is 14.8 Å². The number of rotatable bonds is 3. The predicted molar refractivity (Wildman–Crippen MR) is 97.1 cm³/mol. The van der Waals surface area contributed by atoms with Crippen LogP contribution in [-0.2, 0) is 6.54 Å². The Balaban J connectivity index is 1.87. The van der Waals surface area contributed by atoms with Crippen molar-refractivity contribution in [2.45, 2.75) is 26.0 Å². The first-order valence-corrected chi connectivity index (χ1v) is 7.89. The minimum Gasteiger partial charge on any atom is -0.389 e. The highest BCUT2D eigenvalue weighted by molar-refractivity contribution is 6.08. The number of aromatic nitrogens is 3. The number of benzene rings is 1. The molecule has 4 rings (SSSR count). The normalized spacial score (nSPS) is 14.7. The second-order valence-corrected chi connectivity index (χ2v) is 6.81. The van der Waals surface area contributed by atoms with E-state index >= 15 is 0 Å². The lowest BCUT2D eigenvalue weighted by Crippen LogP contribution is -2.26. The summed E-state index contributed by atoms with van der Waals surface area (Å²) in [6.45, 7) is 4.60. The van der Waals surface area contributed by atoms with E-state index in [1.165, 1.54) is 5.57 Å². The molecule has 0 atom stereocenters. The summed E-state index contributed by atoms with van der Waals surface area (Å²) in [4.78, 5) is 8.74. The molecule has 0 spiro atoms. The zero-order valence-electron chi connectivity index (χ0n) is 13.7. The Morgan fingerprint density at radius 2 is 2.12 bits per heavy atom.